The summed E-state index contributed by atoms with van der Waals surface area (Å²) >= 11 is 0. The van der Waals surface area contributed by atoms with Crippen molar-refractivity contribution < 1.29 is 0 Å². The van der Waals surface area contributed by atoms with Crippen LogP contribution in [-0.2, 0) is 0 Å². The average Bonchev–Trinajstić information content (AvgIpc) is 2.90. The molecule has 0 radical (unpaired) electrons. The van der Waals surface area contributed by atoms with Crippen molar-refractivity contribution >= 4 is 0 Å². The lowest BCUT2D eigenvalue weighted by Gasteiger charge is -2.27. The standard InChI is InChI=1S/C19H31N/c1-5-11-20-19(17-9-8-16(6-2)13-17)18-10-7-14(3)12-15(18)4/h7,10,12,16-17,19-20H,5-6,8-9,11,13H2,1-4H3. The molecule has 1 aliphatic carbocycles. The van der Waals surface area contributed by atoms with E-state index < -0.39 is 0 Å². The molecule has 0 aromatic heterocycles. The van der Waals surface area contributed by atoms with Crippen LogP contribution in [0.25, 0.3) is 0 Å². The molecule has 0 heterocycles. The van der Waals surface area contributed by atoms with Gasteiger partial charge in [-0.05, 0) is 62.6 Å². The van der Waals surface area contributed by atoms with Gasteiger partial charge in [0.25, 0.3) is 0 Å². The third-order valence-corrected chi connectivity index (χ3v) is 5.01. The highest BCUT2D eigenvalue weighted by atomic mass is 14.9. The monoisotopic (exact) mass is 273 g/mol. The molecule has 1 nitrogen and oxygen atoms in total. The van der Waals surface area contributed by atoms with Crippen LogP contribution in [0.1, 0.15) is 68.7 Å². The number of benzene rings is 1. The molecule has 1 heteroatoms. The Kier molecular flexibility index (Phi) is 5.65. The molecule has 3 unspecified atom stereocenters. The molecule has 3 atom stereocenters. The number of hydrogen-bond donors (Lipinski definition) is 1. The van der Waals surface area contributed by atoms with Gasteiger partial charge in [0.15, 0.2) is 0 Å². The molecule has 1 aromatic rings. The van der Waals surface area contributed by atoms with Crippen molar-refractivity contribution in [1.82, 2.24) is 5.32 Å². The molecule has 0 saturated heterocycles. The summed E-state index contributed by atoms with van der Waals surface area (Å²) in [4.78, 5) is 0. The predicted molar refractivity (Wildman–Crippen MR) is 88.1 cm³/mol. The van der Waals surface area contributed by atoms with Crippen molar-refractivity contribution in [3.8, 4) is 0 Å². The molecule has 112 valence electrons. The van der Waals surface area contributed by atoms with Crippen LogP contribution >= 0.6 is 0 Å². The van der Waals surface area contributed by atoms with Crippen molar-refractivity contribution in [3.63, 3.8) is 0 Å². The minimum absolute atomic E-state index is 0.562. The Balaban J connectivity index is 2.18. The largest absolute Gasteiger partial charge is 0.310 e. The van der Waals surface area contributed by atoms with Crippen molar-refractivity contribution in [2.24, 2.45) is 11.8 Å². The highest BCUT2D eigenvalue weighted by Crippen LogP contribution is 2.41. The fraction of sp³-hybridized carbons (Fsp3) is 0.684. The highest BCUT2D eigenvalue weighted by Gasteiger charge is 2.31. The minimum atomic E-state index is 0.562. The molecule has 0 spiro atoms. The fourth-order valence-corrected chi connectivity index (χ4v) is 3.79. The number of aryl methyl sites for hydroxylation is 2. The fourth-order valence-electron chi connectivity index (χ4n) is 3.79. The number of nitrogens with one attached hydrogen (secondary N) is 1. The first-order valence-electron chi connectivity index (χ1n) is 8.46. The van der Waals surface area contributed by atoms with E-state index in [1.54, 1.807) is 0 Å². The van der Waals surface area contributed by atoms with Gasteiger partial charge < -0.3 is 5.32 Å². The van der Waals surface area contributed by atoms with Gasteiger partial charge in [0, 0.05) is 6.04 Å². The van der Waals surface area contributed by atoms with Crippen LogP contribution in [0.2, 0.25) is 0 Å². The quantitative estimate of drug-likeness (QED) is 0.754. The summed E-state index contributed by atoms with van der Waals surface area (Å²) in [7, 11) is 0. The van der Waals surface area contributed by atoms with Crippen LogP contribution < -0.4 is 5.32 Å². The van der Waals surface area contributed by atoms with Crippen molar-refractivity contribution in [3.05, 3.63) is 34.9 Å². The van der Waals surface area contributed by atoms with Gasteiger partial charge in [-0.25, -0.2) is 0 Å². The van der Waals surface area contributed by atoms with E-state index in [1.165, 1.54) is 48.8 Å². The third-order valence-electron chi connectivity index (χ3n) is 5.01. The predicted octanol–water partition coefficient (Wildman–Crippen LogP) is 5.17. The van der Waals surface area contributed by atoms with E-state index in [9.17, 15) is 0 Å². The van der Waals surface area contributed by atoms with E-state index in [1.807, 2.05) is 0 Å². The van der Waals surface area contributed by atoms with E-state index in [4.69, 9.17) is 0 Å². The summed E-state index contributed by atoms with van der Waals surface area (Å²) in [5.74, 6) is 1.78. The molecule has 0 aliphatic heterocycles. The van der Waals surface area contributed by atoms with Crippen LogP contribution in [0.4, 0.5) is 0 Å². The lowest BCUT2D eigenvalue weighted by atomic mass is 9.87. The maximum atomic E-state index is 3.83. The van der Waals surface area contributed by atoms with E-state index in [0.29, 0.717) is 6.04 Å². The first-order chi connectivity index (χ1) is 9.65. The second kappa shape index (κ2) is 7.26. The summed E-state index contributed by atoms with van der Waals surface area (Å²) in [5, 5.41) is 3.83. The smallest absolute Gasteiger partial charge is 0.0351 e. The zero-order chi connectivity index (χ0) is 14.5. The molecule has 1 aliphatic rings. The van der Waals surface area contributed by atoms with Crippen LogP contribution in [0, 0.1) is 25.7 Å². The van der Waals surface area contributed by atoms with Crippen molar-refractivity contribution in [1.29, 1.82) is 0 Å². The zero-order valence-electron chi connectivity index (χ0n) is 13.7. The Labute approximate surface area is 125 Å². The van der Waals surface area contributed by atoms with Crippen molar-refractivity contribution in [2.75, 3.05) is 6.54 Å². The Hall–Kier alpha value is -0.820. The van der Waals surface area contributed by atoms with Gasteiger partial charge in [0.1, 0.15) is 0 Å². The maximum absolute atomic E-state index is 3.83. The van der Waals surface area contributed by atoms with E-state index in [2.05, 4.69) is 51.2 Å². The van der Waals surface area contributed by atoms with Crippen LogP contribution in [0.5, 0.6) is 0 Å². The lowest BCUT2D eigenvalue weighted by Crippen LogP contribution is -2.28. The zero-order valence-corrected chi connectivity index (χ0v) is 13.7. The SMILES string of the molecule is CCCNC(c1ccc(C)cc1C)C1CCC(CC)C1. The van der Waals surface area contributed by atoms with Crippen molar-refractivity contribution in [2.45, 2.75) is 65.8 Å². The molecular formula is C19H31N. The van der Waals surface area contributed by atoms with E-state index >= 15 is 0 Å². The highest BCUT2D eigenvalue weighted by molar-refractivity contribution is 5.33. The normalized spacial score (nSPS) is 24.0. The molecule has 0 bridgehead atoms. The van der Waals surface area contributed by atoms with Gasteiger partial charge in [-0.15, -0.1) is 0 Å². The molecule has 1 N–H and O–H groups in total. The summed E-state index contributed by atoms with van der Waals surface area (Å²) in [5.41, 5.74) is 4.36. The number of rotatable bonds is 6. The van der Waals surface area contributed by atoms with E-state index in [-0.39, 0.29) is 0 Å². The maximum Gasteiger partial charge on any atom is 0.0351 e. The topological polar surface area (TPSA) is 12.0 Å². The van der Waals surface area contributed by atoms with Gasteiger partial charge in [-0.3, -0.25) is 0 Å². The molecule has 0 amide bonds. The minimum Gasteiger partial charge on any atom is -0.310 e. The van der Waals surface area contributed by atoms with Crippen LogP contribution in [0.3, 0.4) is 0 Å². The molecule has 1 fully saturated rings. The Morgan fingerprint density at radius 1 is 1.20 bits per heavy atom. The first kappa shape index (κ1) is 15.6. The summed E-state index contributed by atoms with van der Waals surface area (Å²) in [6.45, 7) is 10.2. The van der Waals surface area contributed by atoms with Gasteiger partial charge >= 0.3 is 0 Å². The van der Waals surface area contributed by atoms with Crippen LogP contribution in [0.15, 0.2) is 18.2 Å². The average molecular weight is 273 g/mol. The molecule has 1 aromatic carbocycles. The molecule has 20 heavy (non-hydrogen) atoms. The Morgan fingerprint density at radius 2 is 2.00 bits per heavy atom. The molecule has 1 saturated carbocycles. The van der Waals surface area contributed by atoms with Gasteiger partial charge in [0.2, 0.25) is 0 Å². The Bertz CT molecular complexity index is 424. The van der Waals surface area contributed by atoms with Gasteiger partial charge in [-0.2, -0.15) is 0 Å². The summed E-state index contributed by atoms with van der Waals surface area (Å²) in [6.07, 6.45) is 6.80. The van der Waals surface area contributed by atoms with Gasteiger partial charge in [-0.1, -0.05) is 50.5 Å². The first-order valence-corrected chi connectivity index (χ1v) is 8.46. The third kappa shape index (κ3) is 3.63. The summed E-state index contributed by atoms with van der Waals surface area (Å²) in [6, 6.07) is 7.53. The second-order valence-corrected chi connectivity index (χ2v) is 6.64. The molecular weight excluding hydrogens is 242 g/mol. The Morgan fingerprint density at radius 3 is 2.60 bits per heavy atom. The van der Waals surface area contributed by atoms with Crippen LogP contribution in [-0.4, -0.2) is 6.54 Å². The summed E-state index contributed by atoms with van der Waals surface area (Å²) < 4.78 is 0. The number of hydrogen-bond acceptors (Lipinski definition) is 1. The van der Waals surface area contributed by atoms with E-state index in [0.717, 1.165) is 18.4 Å². The molecule has 2 rings (SSSR count). The second-order valence-electron chi connectivity index (χ2n) is 6.64. The van der Waals surface area contributed by atoms with Gasteiger partial charge in [0.05, 0.1) is 0 Å². The lowest BCUT2D eigenvalue weighted by molar-refractivity contribution is 0.353.